The van der Waals surface area contributed by atoms with Crippen molar-refractivity contribution in [1.82, 2.24) is 4.98 Å². The first kappa shape index (κ1) is 13.1. The van der Waals surface area contributed by atoms with Gasteiger partial charge in [0.05, 0.1) is 12.7 Å². The molecule has 0 aromatic carbocycles. The quantitative estimate of drug-likeness (QED) is 0.842. The molecular formula is C7H7ClF2N2O3S. The molecule has 0 saturated carbocycles. The normalized spacial score (nSPS) is 11.9. The average Bonchev–Trinajstić information content (AvgIpc) is 2.14. The van der Waals surface area contributed by atoms with Gasteiger partial charge in [-0.2, -0.15) is 4.98 Å². The Hall–Kier alpha value is -0.990. The Morgan fingerprint density at radius 2 is 2.12 bits per heavy atom. The van der Waals surface area contributed by atoms with Crippen LogP contribution in [-0.4, -0.2) is 20.5 Å². The molecule has 9 heteroatoms. The van der Waals surface area contributed by atoms with E-state index in [1.54, 1.807) is 0 Å². The van der Waals surface area contributed by atoms with E-state index in [9.17, 15) is 17.2 Å². The number of hydrogen-bond acceptors (Lipinski definition) is 4. The van der Waals surface area contributed by atoms with E-state index in [2.05, 4.69) is 9.72 Å². The lowest BCUT2D eigenvalue weighted by Gasteiger charge is -2.09. The first-order valence-corrected chi connectivity index (χ1v) is 5.75. The molecule has 0 aliphatic heterocycles. The van der Waals surface area contributed by atoms with Crippen LogP contribution in [-0.2, 0) is 10.0 Å². The first-order valence-electron chi connectivity index (χ1n) is 3.82. The summed E-state index contributed by atoms with van der Waals surface area (Å²) in [5.74, 6) is -0.438. The number of rotatable bonds is 3. The van der Waals surface area contributed by atoms with Gasteiger partial charge in [-0.25, -0.2) is 22.3 Å². The highest BCUT2D eigenvalue weighted by atomic mass is 35.5. The van der Waals surface area contributed by atoms with Crippen LogP contribution < -0.4 is 9.88 Å². The molecule has 0 bridgehead atoms. The molecule has 0 spiro atoms. The number of alkyl halides is 2. The van der Waals surface area contributed by atoms with Crippen molar-refractivity contribution in [2.45, 2.75) is 11.3 Å². The summed E-state index contributed by atoms with van der Waals surface area (Å²) < 4.78 is 51.6. The fraction of sp³-hybridized carbons (Fsp3) is 0.286. The van der Waals surface area contributed by atoms with E-state index in [0.29, 0.717) is 6.07 Å². The van der Waals surface area contributed by atoms with Gasteiger partial charge in [-0.05, 0) is 6.07 Å². The van der Waals surface area contributed by atoms with Crippen LogP contribution in [0.25, 0.3) is 0 Å². The average molecular weight is 273 g/mol. The van der Waals surface area contributed by atoms with Crippen LogP contribution >= 0.6 is 11.6 Å². The monoisotopic (exact) mass is 272 g/mol. The topological polar surface area (TPSA) is 82.3 Å². The molecule has 0 aliphatic carbocycles. The number of primary sulfonamides is 1. The number of ether oxygens (including phenoxy) is 1. The number of halogens is 3. The third kappa shape index (κ3) is 2.57. The second-order valence-electron chi connectivity index (χ2n) is 2.72. The van der Waals surface area contributed by atoms with E-state index in [1.807, 2.05) is 0 Å². The van der Waals surface area contributed by atoms with Crippen LogP contribution in [0.15, 0.2) is 11.0 Å². The van der Waals surface area contributed by atoms with E-state index in [0.717, 1.165) is 7.11 Å². The lowest BCUT2D eigenvalue weighted by atomic mass is 10.3. The highest BCUT2D eigenvalue weighted by molar-refractivity contribution is 7.89. The smallest absolute Gasteiger partial charge is 0.269 e. The zero-order chi connectivity index (χ0) is 12.5. The third-order valence-corrected chi connectivity index (χ3v) is 3.00. The number of aromatic nitrogens is 1. The zero-order valence-corrected chi connectivity index (χ0v) is 9.52. The molecule has 0 amide bonds. The second-order valence-corrected chi connectivity index (χ2v) is 4.61. The molecular weight excluding hydrogens is 266 g/mol. The summed E-state index contributed by atoms with van der Waals surface area (Å²) in [5.41, 5.74) is -0.684. The fourth-order valence-corrected chi connectivity index (χ4v) is 2.02. The number of hydrogen-bond donors (Lipinski definition) is 1. The molecule has 0 unspecified atom stereocenters. The maximum Gasteiger partial charge on any atom is 0.269 e. The predicted molar refractivity (Wildman–Crippen MR) is 52.1 cm³/mol. The molecule has 0 saturated heterocycles. The van der Waals surface area contributed by atoms with E-state index in [4.69, 9.17) is 16.7 Å². The number of nitrogens with two attached hydrogens (primary N) is 1. The van der Waals surface area contributed by atoms with Gasteiger partial charge in [0.25, 0.3) is 6.43 Å². The van der Waals surface area contributed by atoms with Gasteiger partial charge in [-0.1, -0.05) is 11.6 Å². The fourth-order valence-electron chi connectivity index (χ4n) is 0.991. The predicted octanol–water partition coefficient (Wildman–Crippen LogP) is 1.33. The molecule has 1 aromatic heterocycles. The molecule has 5 nitrogen and oxygen atoms in total. The van der Waals surface area contributed by atoms with Crippen molar-refractivity contribution in [3.63, 3.8) is 0 Å². The summed E-state index contributed by atoms with van der Waals surface area (Å²) in [6.07, 6.45) is -2.94. The molecule has 16 heavy (non-hydrogen) atoms. The molecule has 0 fully saturated rings. The van der Waals surface area contributed by atoms with Crippen molar-refractivity contribution in [3.8, 4) is 5.88 Å². The molecule has 1 aromatic rings. The standard InChI is InChI=1S/C7H7ClF2N2O3S/c1-15-7-3(6(9)10)2-4(5(8)12-7)16(11,13)14/h2,6H,1H3,(H2,11,13,14). The van der Waals surface area contributed by atoms with Crippen LogP contribution in [0.1, 0.15) is 12.0 Å². The summed E-state index contributed by atoms with van der Waals surface area (Å²) in [6.45, 7) is 0. The van der Waals surface area contributed by atoms with Crippen LogP contribution in [0, 0.1) is 0 Å². The van der Waals surface area contributed by atoms with Crippen molar-refractivity contribution in [3.05, 3.63) is 16.8 Å². The van der Waals surface area contributed by atoms with E-state index in [-0.39, 0.29) is 0 Å². The van der Waals surface area contributed by atoms with Gasteiger partial charge in [0.15, 0.2) is 5.15 Å². The van der Waals surface area contributed by atoms with Gasteiger partial charge in [-0.15, -0.1) is 0 Å². The number of nitrogens with zero attached hydrogens (tertiary/aromatic N) is 1. The Balaban J connectivity index is 3.52. The van der Waals surface area contributed by atoms with E-state index >= 15 is 0 Å². The first-order chi connectivity index (χ1) is 7.27. The SMILES string of the molecule is COc1nc(Cl)c(S(N)(=O)=O)cc1C(F)F. The van der Waals surface area contributed by atoms with Gasteiger partial charge in [-0.3, -0.25) is 0 Å². The Morgan fingerprint density at radius 1 is 1.56 bits per heavy atom. The van der Waals surface area contributed by atoms with Gasteiger partial charge >= 0.3 is 0 Å². The highest BCUT2D eigenvalue weighted by Crippen LogP contribution is 2.32. The number of sulfonamides is 1. The minimum Gasteiger partial charge on any atom is -0.481 e. The molecule has 1 heterocycles. The van der Waals surface area contributed by atoms with E-state index < -0.39 is 37.9 Å². The Labute approximate surface area is 95.2 Å². The molecule has 0 radical (unpaired) electrons. The van der Waals surface area contributed by atoms with Crippen molar-refractivity contribution < 1.29 is 21.9 Å². The second kappa shape index (κ2) is 4.48. The van der Waals surface area contributed by atoms with Crippen molar-refractivity contribution in [1.29, 1.82) is 0 Å². The van der Waals surface area contributed by atoms with Crippen molar-refractivity contribution >= 4 is 21.6 Å². The van der Waals surface area contributed by atoms with Crippen LogP contribution in [0.5, 0.6) is 5.88 Å². The lowest BCUT2D eigenvalue weighted by Crippen LogP contribution is -2.14. The molecule has 2 N–H and O–H groups in total. The number of pyridine rings is 1. The molecule has 90 valence electrons. The zero-order valence-electron chi connectivity index (χ0n) is 7.95. The van der Waals surface area contributed by atoms with Crippen LogP contribution in [0.3, 0.4) is 0 Å². The van der Waals surface area contributed by atoms with Crippen molar-refractivity contribution in [2.24, 2.45) is 5.14 Å². The van der Waals surface area contributed by atoms with Crippen molar-refractivity contribution in [2.75, 3.05) is 7.11 Å². The van der Waals surface area contributed by atoms with Gasteiger partial charge in [0.2, 0.25) is 15.9 Å². The third-order valence-electron chi connectivity index (χ3n) is 1.67. The van der Waals surface area contributed by atoms with Gasteiger partial charge in [0.1, 0.15) is 4.90 Å². The summed E-state index contributed by atoms with van der Waals surface area (Å²) in [5, 5.41) is 4.27. The molecule has 0 aliphatic rings. The minimum atomic E-state index is -4.20. The lowest BCUT2D eigenvalue weighted by molar-refractivity contribution is 0.145. The molecule has 1 rings (SSSR count). The van der Waals surface area contributed by atoms with Crippen LogP contribution in [0.2, 0.25) is 5.15 Å². The highest BCUT2D eigenvalue weighted by Gasteiger charge is 2.23. The van der Waals surface area contributed by atoms with Crippen LogP contribution in [0.4, 0.5) is 8.78 Å². The van der Waals surface area contributed by atoms with E-state index in [1.165, 1.54) is 0 Å². The summed E-state index contributed by atoms with van der Waals surface area (Å²) in [4.78, 5) is 2.72. The minimum absolute atomic E-state index is 0.438. The largest absolute Gasteiger partial charge is 0.481 e. The summed E-state index contributed by atoms with van der Waals surface area (Å²) in [7, 11) is -3.09. The summed E-state index contributed by atoms with van der Waals surface area (Å²) >= 11 is 5.47. The van der Waals surface area contributed by atoms with Gasteiger partial charge in [0, 0.05) is 0 Å². The van der Waals surface area contributed by atoms with Gasteiger partial charge < -0.3 is 4.74 Å². The number of methoxy groups -OCH3 is 1. The summed E-state index contributed by atoms with van der Waals surface area (Å²) in [6, 6.07) is 0.647. The Kier molecular flexibility index (Phi) is 3.66. The maximum absolute atomic E-state index is 12.5. The molecule has 0 atom stereocenters. The Morgan fingerprint density at radius 3 is 2.50 bits per heavy atom. The Bertz CT molecular complexity index is 507. The maximum atomic E-state index is 12.5.